The zero-order valence-corrected chi connectivity index (χ0v) is 14.6. The smallest absolute Gasteiger partial charge is 0.262 e. The molecule has 1 N–H and O–H groups in total. The van der Waals surface area contributed by atoms with Crippen LogP contribution >= 0.6 is 23.2 Å². The average molecular weight is 377 g/mol. The van der Waals surface area contributed by atoms with Gasteiger partial charge >= 0.3 is 0 Å². The minimum Gasteiger partial charge on any atom is -0.354 e. The number of benzene rings is 2. The van der Waals surface area contributed by atoms with Crippen LogP contribution in [-0.4, -0.2) is 35.7 Å². The largest absolute Gasteiger partial charge is 0.354 e. The number of nitrogens with zero attached hydrogens (tertiary/aromatic N) is 1. The summed E-state index contributed by atoms with van der Waals surface area (Å²) in [5.74, 6) is -1.30. The number of amides is 3. The fraction of sp³-hybridized carbons (Fsp3) is 0.167. The molecule has 25 heavy (non-hydrogen) atoms. The van der Waals surface area contributed by atoms with E-state index < -0.39 is 17.7 Å². The van der Waals surface area contributed by atoms with Crippen LogP contribution in [0.15, 0.2) is 42.5 Å². The van der Waals surface area contributed by atoms with Gasteiger partial charge in [0.25, 0.3) is 11.8 Å². The Labute approximate surface area is 154 Å². The van der Waals surface area contributed by atoms with Crippen LogP contribution < -0.4 is 5.32 Å². The summed E-state index contributed by atoms with van der Waals surface area (Å²) in [6.45, 7) is 0.0318. The fourth-order valence-corrected chi connectivity index (χ4v) is 3.15. The second-order valence-electron chi connectivity index (χ2n) is 5.58. The zero-order chi connectivity index (χ0) is 18.0. The standard InChI is InChI=1S/C18H14Cl2N2O3/c19-12-6-5-11(15(20)9-12)7-8-21-16(23)10-22-17(24)13-3-1-2-4-14(13)18(22)25/h1-6,9H,7-8,10H2,(H,21,23). The Morgan fingerprint density at radius 3 is 2.24 bits per heavy atom. The van der Waals surface area contributed by atoms with Crippen molar-refractivity contribution in [2.24, 2.45) is 0 Å². The molecule has 0 saturated carbocycles. The molecule has 2 aromatic rings. The lowest BCUT2D eigenvalue weighted by Crippen LogP contribution is -2.40. The van der Waals surface area contributed by atoms with Crippen LogP contribution in [0.5, 0.6) is 0 Å². The maximum atomic E-state index is 12.2. The molecule has 0 atom stereocenters. The van der Waals surface area contributed by atoms with Crippen LogP contribution in [0.25, 0.3) is 0 Å². The van der Waals surface area contributed by atoms with E-state index in [1.165, 1.54) is 0 Å². The number of carbonyl (C=O) groups is 3. The van der Waals surface area contributed by atoms with E-state index in [2.05, 4.69) is 5.32 Å². The summed E-state index contributed by atoms with van der Waals surface area (Å²) in [6, 6.07) is 11.7. The Morgan fingerprint density at radius 2 is 1.64 bits per heavy atom. The van der Waals surface area contributed by atoms with Crippen molar-refractivity contribution >= 4 is 40.9 Å². The molecule has 0 spiro atoms. The first-order valence-electron chi connectivity index (χ1n) is 7.63. The maximum absolute atomic E-state index is 12.2. The van der Waals surface area contributed by atoms with Gasteiger partial charge < -0.3 is 5.32 Å². The Bertz CT molecular complexity index is 832. The van der Waals surface area contributed by atoms with Gasteiger partial charge in [-0.25, -0.2) is 0 Å². The highest BCUT2D eigenvalue weighted by molar-refractivity contribution is 6.35. The van der Waals surface area contributed by atoms with E-state index in [9.17, 15) is 14.4 Å². The predicted molar refractivity (Wildman–Crippen MR) is 95.0 cm³/mol. The van der Waals surface area contributed by atoms with Gasteiger partial charge in [-0.05, 0) is 36.2 Å². The molecule has 3 rings (SSSR count). The van der Waals surface area contributed by atoms with Gasteiger partial charge in [0.15, 0.2) is 0 Å². The Hall–Kier alpha value is -2.37. The van der Waals surface area contributed by atoms with Gasteiger partial charge in [0, 0.05) is 16.6 Å². The Balaban J connectivity index is 1.55. The number of rotatable bonds is 5. The SMILES string of the molecule is O=C(CN1C(=O)c2ccccc2C1=O)NCCc1ccc(Cl)cc1Cl. The summed E-state index contributed by atoms with van der Waals surface area (Å²) in [5.41, 5.74) is 1.51. The van der Waals surface area contributed by atoms with E-state index >= 15 is 0 Å². The van der Waals surface area contributed by atoms with Crippen LogP contribution in [0.1, 0.15) is 26.3 Å². The maximum Gasteiger partial charge on any atom is 0.262 e. The predicted octanol–water partition coefficient (Wildman–Crippen LogP) is 2.95. The molecule has 1 aliphatic heterocycles. The van der Waals surface area contributed by atoms with Crippen LogP contribution in [0.3, 0.4) is 0 Å². The quantitative estimate of drug-likeness (QED) is 0.815. The molecule has 7 heteroatoms. The van der Waals surface area contributed by atoms with E-state index in [0.717, 1.165) is 10.5 Å². The van der Waals surface area contributed by atoms with Gasteiger partial charge in [-0.3, -0.25) is 19.3 Å². The molecule has 0 bridgehead atoms. The minimum absolute atomic E-state index is 0.305. The first-order chi connectivity index (χ1) is 12.0. The van der Waals surface area contributed by atoms with Gasteiger partial charge in [-0.2, -0.15) is 0 Å². The second kappa shape index (κ2) is 7.25. The van der Waals surface area contributed by atoms with E-state index in [-0.39, 0.29) is 6.54 Å². The van der Waals surface area contributed by atoms with E-state index in [4.69, 9.17) is 23.2 Å². The van der Waals surface area contributed by atoms with Crippen molar-refractivity contribution < 1.29 is 14.4 Å². The molecule has 0 radical (unpaired) electrons. The highest BCUT2D eigenvalue weighted by Gasteiger charge is 2.36. The average Bonchev–Trinajstić information content (AvgIpc) is 2.82. The lowest BCUT2D eigenvalue weighted by atomic mass is 10.1. The summed E-state index contributed by atoms with van der Waals surface area (Å²) < 4.78 is 0. The number of fused-ring (bicyclic) bond motifs is 1. The van der Waals surface area contributed by atoms with Gasteiger partial charge in [-0.15, -0.1) is 0 Å². The number of imide groups is 1. The van der Waals surface area contributed by atoms with Crippen molar-refractivity contribution in [3.05, 3.63) is 69.2 Å². The summed E-state index contributed by atoms with van der Waals surface area (Å²) in [7, 11) is 0. The summed E-state index contributed by atoms with van der Waals surface area (Å²) in [4.78, 5) is 37.4. The number of hydrogen-bond acceptors (Lipinski definition) is 3. The summed E-state index contributed by atoms with van der Waals surface area (Å²) >= 11 is 11.9. The molecule has 1 aliphatic rings. The third kappa shape index (κ3) is 3.67. The monoisotopic (exact) mass is 376 g/mol. The number of carbonyl (C=O) groups excluding carboxylic acids is 3. The normalized spacial score (nSPS) is 13.1. The van der Waals surface area contributed by atoms with E-state index in [0.29, 0.717) is 34.1 Å². The molecule has 0 aliphatic carbocycles. The van der Waals surface area contributed by atoms with Crippen molar-refractivity contribution in [3.8, 4) is 0 Å². The first kappa shape index (κ1) is 17.5. The molecule has 128 valence electrons. The molecule has 3 amide bonds. The minimum atomic E-state index is -0.448. The summed E-state index contributed by atoms with van der Waals surface area (Å²) in [5, 5.41) is 3.77. The molecule has 0 aromatic heterocycles. The molecular weight excluding hydrogens is 363 g/mol. The number of halogens is 2. The lowest BCUT2D eigenvalue weighted by Gasteiger charge is -2.13. The van der Waals surface area contributed by atoms with Gasteiger partial charge in [-0.1, -0.05) is 41.4 Å². The van der Waals surface area contributed by atoms with Crippen molar-refractivity contribution in [1.29, 1.82) is 0 Å². The molecule has 1 heterocycles. The first-order valence-corrected chi connectivity index (χ1v) is 8.39. The molecule has 0 fully saturated rings. The van der Waals surface area contributed by atoms with E-state index in [1.54, 1.807) is 42.5 Å². The van der Waals surface area contributed by atoms with Gasteiger partial charge in [0.1, 0.15) is 6.54 Å². The molecular formula is C18H14Cl2N2O3. The highest BCUT2D eigenvalue weighted by Crippen LogP contribution is 2.22. The van der Waals surface area contributed by atoms with Crippen molar-refractivity contribution in [2.75, 3.05) is 13.1 Å². The van der Waals surface area contributed by atoms with Crippen LogP contribution in [0.4, 0.5) is 0 Å². The van der Waals surface area contributed by atoms with Crippen molar-refractivity contribution in [2.45, 2.75) is 6.42 Å². The fourth-order valence-electron chi connectivity index (χ4n) is 2.64. The van der Waals surface area contributed by atoms with Crippen LogP contribution in [0, 0.1) is 0 Å². The number of nitrogens with one attached hydrogen (secondary N) is 1. The number of hydrogen-bond donors (Lipinski definition) is 1. The van der Waals surface area contributed by atoms with Gasteiger partial charge in [0.05, 0.1) is 11.1 Å². The lowest BCUT2D eigenvalue weighted by molar-refractivity contribution is -0.121. The molecule has 5 nitrogen and oxygen atoms in total. The molecule has 0 unspecified atom stereocenters. The van der Waals surface area contributed by atoms with Crippen molar-refractivity contribution in [3.63, 3.8) is 0 Å². The second-order valence-corrected chi connectivity index (χ2v) is 6.42. The van der Waals surface area contributed by atoms with Crippen LogP contribution in [-0.2, 0) is 11.2 Å². The third-order valence-electron chi connectivity index (χ3n) is 3.91. The summed E-state index contributed by atoms with van der Waals surface area (Å²) in [6.07, 6.45) is 0.518. The Morgan fingerprint density at radius 1 is 1.00 bits per heavy atom. The van der Waals surface area contributed by atoms with Gasteiger partial charge in [0.2, 0.25) is 5.91 Å². The molecule has 2 aromatic carbocycles. The van der Waals surface area contributed by atoms with E-state index in [1.807, 2.05) is 0 Å². The third-order valence-corrected chi connectivity index (χ3v) is 4.50. The van der Waals surface area contributed by atoms with Crippen molar-refractivity contribution in [1.82, 2.24) is 10.2 Å². The Kier molecular flexibility index (Phi) is 5.06. The molecule has 0 saturated heterocycles. The topological polar surface area (TPSA) is 66.5 Å². The highest BCUT2D eigenvalue weighted by atomic mass is 35.5. The van der Waals surface area contributed by atoms with Crippen LogP contribution in [0.2, 0.25) is 10.0 Å². The zero-order valence-electron chi connectivity index (χ0n) is 13.1.